The number of nitrogens with zero attached hydrogens (tertiary/aromatic N) is 1. The molecule has 0 bridgehead atoms. The quantitative estimate of drug-likeness (QED) is 0.809. The van der Waals surface area contributed by atoms with E-state index in [0.29, 0.717) is 12.0 Å². The van der Waals surface area contributed by atoms with Crippen LogP contribution in [0.1, 0.15) is 51.0 Å². The maximum atomic E-state index is 5.90. The Morgan fingerprint density at radius 1 is 1.47 bits per heavy atom. The third kappa shape index (κ3) is 2.25. The van der Waals surface area contributed by atoms with Gasteiger partial charge >= 0.3 is 0 Å². The van der Waals surface area contributed by atoms with Crippen LogP contribution in [0.3, 0.4) is 0 Å². The Morgan fingerprint density at radius 3 is 2.67 bits per heavy atom. The van der Waals surface area contributed by atoms with Crippen molar-refractivity contribution in [1.82, 2.24) is 4.37 Å². The Hall–Kier alpha value is -0.770. The van der Waals surface area contributed by atoms with Crippen molar-refractivity contribution in [1.29, 1.82) is 0 Å². The zero-order valence-corrected chi connectivity index (χ0v) is 10.2. The summed E-state index contributed by atoms with van der Waals surface area (Å²) in [5.74, 6) is 1.43. The topological polar surface area (TPSA) is 50.9 Å². The summed E-state index contributed by atoms with van der Waals surface area (Å²) in [7, 11) is 0. The van der Waals surface area contributed by atoms with Crippen molar-refractivity contribution in [3.8, 4) is 0 Å². The van der Waals surface area contributed by atoms with Gasteiger partial charge in [0, 0.05) is 11.6 Å². The normalized spacial score (nSPS) is 15.9. The number of anilines is 2. The third-order valence-electron chi connectivity index (χ3n) is 3.06. The van der Waals surface area contributed by atoms with E-state index in [2.05, 4.69) is 23.5 Å². The molecule has 0 radical (unpaired) electrons. The van der Waals surface area contributed by atoms with E-state index in [4.69, 9.17) is 5.73 Å². The lowest BCUT2D eigenvalue weighted by atomic mass is 10.1. The van der Waals surface area contributed by atoms with Gasteiger partial charge < -0.3 is 11.1 Å². The molecule has 84 valence electrons. The highest BCUT2D eigenvalue weighted by molar-refractivity contribution is 7.10. The van der Waals surface area contributed by atoms with E-state index in [1.807, 2.05) is 0 Å². The van der Waals surface area contributed by atoms with E-state index in [9.17, 15) is 0 Å². The molecule has 1 saturated carbocycles. The first-order chi connectivity index (χ1) is 7.26. The molecule has 0 atom stereocenters. The molecule has 3 nitrogen and oxygen atoms in total. The van der Waals surface area contributed by atoms with Gasteiger partial charge in [-0.2, -0.15) is 4.37 Å². The molecule has 1 aromatic heterocycles. The van der Waals surface area contributed by atoms with Crippen LogP contribution in [-0.4, -0.2) is 10.4 Å². The second kappa shape index (κ2) is 4.39. The lowest BCUT2D eigenvalue weighted by Gasteiger charge is -2.15. The van der Waals surface area contributed by atoms with Crippen molar-refractivity contribution in [3.05, 3.63) is 5.56 Å². The lowest BCUT2D eigenvalue weighted by molar-refractivity contribution is 0.672. The van der Waals surface area contributed by atoms with Gasteiger partial charge in [0.1, 0.15) is 10.8 Å². The molecule has 15 heavy (non-hydrogen) atoms. The van der Waals surface area contributed by atoms with E-state index in [0.717, 1.165) is 18.7 Å². The van der Waals surface area contributed by atoms with Gasteiger partial charge in [0.15, 0.2) is 0 Å². The predicted molar refractivity (Wildman–Crippen MR) is 66.5 cm³/mol. The summed E-state index contributed by atoms with van der Waals surface area (Å²) >= 11 is 1.52. The standard InChI is InChI=1S/C11H19N3S/c1-3-8(4-2)13-11-9(7-5-6-7)10(12)14-15-11/h7-8,13H,3-6H2,1-2H3,(H2,12,14). The number of hydrogen-bond donors (Lipinski definition) is 2. The maximum absolute atomic E-state index is 5.90. The molecule has 1 heterocycles. The molecule has 1 aliphatic rings. The largest absolute Gasteiger partial charge is 0.383 e. The van der Waals surface area contributed by atoms with Crippen molar-refractivity contribution in [3.63, 3.8) is 0 Å². The molecule has 0 spiro atoms. The zero-order valence-electron chi connectivity index (χ0n) is 9.42. The van der Waals surface area contributed by atoms with Gasteiger partial charge in [-0.1, -0.05) is 13.8 Å². The second-order valence-corrected chi connectivity index (χ2v) is 5.02. The van der Waals surface area contributed by atoms with Crippen molar-refractivity contribution in [2.45, 2.75) is 51.5 Å². The first-order valence-corrected chi connectivity index (χ1v) is 6.55. The molecule has 0 aliphatic heterocycles. The first kappa shape index (κ1) is 10.7. The summed E-state index contributed by atoms with van der Waals surface area (Å²) in [6, 6.07) is 0.558. The van der Waals surface area contributed by atoms with Gasteiger partial charge in [-0.3, -0.25) is 0 Å². The van der Waals surface area contributed by atoms with Crippen molar-refractivity contribution in [2.24, 2.45) is 0 Å². The fraction of sp³-hybridized carbons (Fsp3) is 0.727. The number of nitrogen functional groups attached to an aromatic ring is 1. The molecule has 1 fully saturated rings. The molecule has 2 rings (SSSR count). The van der Waals surface area contributed by atoms with Gasteiger partial charge in [-0.15, -0.1) is 0 Å². The number of rotatable bonds is 5. The smallest absolute Gasteiger partial charge is 0.142 e. The average molecular weight is 225 g/mol. The number of aromatic nitrogens is 1. The fourth-order valence-corrected chi connectivity index (χ4v) is 2.74. The number of nitrogens with two attached hydrogens (primary N) is 1. The highest BCUT2D eigenvalue weighted by Gasteiger charge is 2.30. The minimum atomic E-state index is 0.558. The van der Waals surface area contributed by atoms with Gasteiger partial charge in [-0.25, -0.2) is 0 Å². The minimum absolute atomic E-state index is 0.558. The van der Waals surface area contributed by atoms with E-state index in [1.54, 1.807) is 0 Å². The summed E-state index contributed by atoms with van der Waals surface area (Å²) in [5, 5.41) is 4.78. The van der Waals surface area contributed by atoms with Crippen LogP contribution >= 0.6 is 11.5 Å². The zero-order chi connectivity index (χ0) is 10.8. The third-order valence-corrected chi connectivity index (χ3v) is 3.87. The monoisotopic (exact) mass is 225 g/mol. The minimum Gasteiger partial charge on any atom is -0.383 e. The molecule has 3 N–H and O–H groups in total. The van der Waals surface area contributed by atoms with E-state index in [1.165, 1.54) is 34.9 Å². The highest BCUT2D eigenvalue weighted by atomic mass is 32.1. The van der Waals surface area contributed by atoms with Gasteiger partial charge in [0.2, 0.25) is 0 Å². The molecule has 0 aromatic carbocycles. The molecule has 0 unspecified atom stereocenters. The summed E-state index contributed by atoms with van der Waals surface area (Å²) in [6.07, 6.45) is 4.86. The van der Waals surface area contributed by atoms with E-state index >= 15 is 0 Å². The predicted octanol–water partition coefficient (Wildman–Crippen LogP) is 3.20. The maximum Gasteiger partial charge on any atom is 0.142 e. The molecular formula is C11H19N3S. The van der Waals surface area contributed by atoms with Crippen LogP contribution in [0.2, 0.25) is 0 Å². The average Bonchev–Trinajstić information content (AvgIpc) is 3.01. The van der Waals surface area contributed by atoms with Crippen molar-refractivity contribution in [2.75, 3.05) is 11.1 Å². The van der Waals surface area contributed by atoms with Gasteiger partial charge in [-0.05, 0) is 43.1 Å². The summed E-state index contributed by atoms with van der Waals surface area (Å²) in [6.45, 7) is 4.42. The number of hydrogen-bond acceptors (Lipinski definition) is 4. The Morgan fingerprint density at radius 2 is 2.13 bits per heavy atom. The first-order valence-electron chi connectivity index (χ1n) is 5.77. The van der Waals surface area contributed by atoms with E-state index < -0.39 is 0 Å². The molecule has 4 heteroatoms. The number of nitrogens with one attached hydrogen (secondary N) is 1. The van der Waals surface area contributed by atoms with Crippen LogP contribution in [0.15, 0.2) is 0 Å². The Labute approximate surface area is 95.2 Å². The Balaban J connectivity index is 2.13. The van der Waals surface area contributed by atoms with Crippen LogP contribution in [0.4, 0.5) is 10.8 Å². The molecule has 0 amide bonds. The van der Waals surface area contributed by atoms with Gasteiger partial charge in [0.25, 0.3) is 0 Å². The second-order valence-electron chi connectivity index (χ2n) is 4.24. The summed E-state index contributed by atoms with van der Waals surface area (Å²) in [4.78, 5) is 0. The van der Waals surface area contributed by atoms with Gasteiger partial charge in [0.05, 0.1) is 0 Å². The highest BCUT2D eigenvalue weighted by Crippen LogP contribution is 2.47. The SMILES string of the molecule is CCC(CC)Nc1snc(N)c1C1CC1. The molecule has 1 aromatic rings. The van der Waals surface area contributed by atoms with Crippen molar-refractivity contribution < 1.29 is 0 Å². The van der Waals surface area contributed by atoms with Crippen LogP contribution in [0, 0.1) is 0 Å². The van der Waals surface area contributed by atoms with Crippen LogP contribution in [0.25, 0.3) is 0 Å². The fourth-order valence-electron chi connectivity index (χ4n) is 1.86. The lowest BCUT2D eigenvalue weighted by Crippen LogP contribution is -2.16. The molecule has 0 saturated heterocycles. The van der Waals surface area contributed by atoms with E-state index in [-0.39, 0.29) is 0 Å². The van der Waals surface area contributed by atoms with Crippen molar-refractivity contribution >= 4 is 22.4 Å². The van der Waals surface area contributed by atoms with Crippen LogP contribution in [0.5, 0.6) is 0 Å². The molecular weight excluding hydrogens is 206 g/mol. The van der Waals surface area contributed by atoms with Crippen LogP contribution in [-0.2, 0) is 0 Å². The molecule has 1 aliphatic carbocycles. The Bertz CT molecular complexity index is 327. The summed E-state index contributed by atoms with van der Waals surface area (Å²) in [5.41, 5.74) is 7.18. The van der Waals surface area contributed by atoms with Crippen LogP contribution < -0.4 is 11.1 Å². The summed E-state index contributed by atoms with van der Waals surface area (Å²) < 4.78 is 4.26. The Kier molecular flexibility index (Phi) is 3.14.